The zero-order valence-electron chi connectivity index (χ0n) is 14.3. The number of hydrogen-bond donors (Lipinski definition) is 4. The Morgan fingerprint density at radius 1 is 1.04 bits per heavy atom. The first kappa shape index (κ1) is 18.3. The SMILES string of the molecule is CC(C)CC(=O)Nc1ccc(NC(=O)NC2CCC(O)CC2)cc1. The van der Waals surface area contributed by atoms with Crippen molar-refractivity contribution in [2.45, 2.75) is 58.1 Å². The van der Waals surface area contributed by atoms with E-state index >= 15 is 0 Å². The van der Waals surface area contributed by atoms with E-state index in [1.54, 1.807) is 24.3 Å². The van der Waals surface area contributed by atoms with E-state index < -0.39 is 0 Å². The number of carbonyl (C=O) groups is 2. The van der Waals surface area contributed by atoms with E-state index in [0.29, 0.717) is 23.7 Å². The van der Waals surface area contributed by atoms with Gasteiger partial charge in [0.1, 0.15) is 0 Å². The average molecular weight is 333 g/mol. The summed E-state index contributed by atoms with van der Waals surface area (Å²) in [7, 11) is 0. The summed E-state index contributed by atoms with van der Waals surface area (Å²) < 4.78 is 0. The molecule has 0 saturated heterocycles. The van der Waals surface area contributed by atoms with E-state index in [1.165, 1.54) is 0 Å². The molecule has 0 atom stereocenters. The van der Waals surface area contributed by atoms with Gasteiger partial charge in [0.15, 0.2) is 0 Å². The Hall–Kier alpha value is -2.08. The van der Waals surface area contributed by atoms with Crippen LogP contribution >= 0.6 is 0 Å². The number of amides is 3. The zero-order valence-corrected chi connectivity index (χ0v) is 14.3. The normalized spacial score (nSPS) is 20.5. The van der Waals surface area contributed by atoms with Crippen LogP contribution in [0.15, 0.2) is 24.3 Å². The molecule has 4 N–H and O–H groups in total. The largest absolute Gasteiger partial charge is 0.393 e. The maximum Gasteiger partial charge on any atom is 0.319 e. The van der Waals surface area contributed by atoms with Crippen molar-refractivity contribution >= 4 is 23.3 Å². The monoisotopic (exact) mass is 333 g/mol. The number of carbonyl (C=O) groups excluding carboxylic acids is 2. The zero-order chi connectivity index (χ0) is 17.5. The fourth-order valence-electron chi connectivity index (χ4n) is 2.79. The van der Waals surface area contributed by atoms with Gasteiger partial charge in [-0.05, 0) is 55.9 Å². The van der Waals surface area contributed by atoms with Crippen molar-refractivity contribution in [3.8, 4) is 0 Å². The lowest BCUT2D eigenvalue weighted by molar-refractivity contribution is -0.116. The standard InChI is InChI=1S/C18H27N3O3/c1-12(2)11-17(23)19-13-3-5-14(6-4-13)20-18(24)21-15-7-9-16(22)10-8-15/h3-6,12,15-16,22H,7-11H2,1-2H3,(H,19,23)(H2,20,21,24). The van der Waals surface area contributed by atoms with Crippen LogP contribution in [-0.4, -0.2) is 29.2 Å². The van der Waals surface area contributed by atoms with Gasteiger partial charge in [-0.15, -0.1) is 0 Å². The third-order valence-corrected chi connectivity index (χ3v) is 4.05. The van der Waals surface area contributed by atoms with Gasteiger partial charge >= 0.3 is 6.03 Å². The Morgan fingerprint density at radius 2 is 1.58 bits per heavy atom. The van der Waals surface area contributed by atoms with E-state index in [9.17, 15) is 14.7 Å². The van der Waals surface area contributed by atoms with Crippen molar-refractivity contribution in [1.29, 1.82) is 0 Å². The Kier molecular flexibility index (Phi) is 6.61. The maximum atomic E-state index is 12.0. The van der Waals surface area contributed by atoms with Crippen molar-refractivity contribution in [2.75, 3.05) is 10.6 Å². The number of aliphatic hydroxyl groups excluding tert-OH is 1. The number of urea groups is 1. The van der Waals surface area contributed by atoms with Crippen LogP contribution in [0.3, 0.4) is 0 Å². The van der Waals surface area contributed by atoms with Crippen LogP contribution in [0.25, 0.3) is 0 Å². The molecule has 24 heavy (non-hydrogen) atoms. The minimum atomic E-state index is -0.243. The van der Waals surface area contributed by atoms with E-state index in [0.717, 1.165) is 25.7 Å². The highest BCUT2D eigenvalue weighted by molar-refractivity contribution is 5.92. The first-order valence-electron chi connectivity index (χ1n) is 8.58. The van der Waals surface area contributed by atoms with Crippen molar-refractivity contribution in [1.82, 2.24) is 5.32 Å². The maximum absolute atomic E-state index is 12.0. The summed E-state index contributed by atoms with van der Waals surface area (Å²) in [6.07, 6.45) is 3.32. The Balaban J connectivity index is 1.78. The van der Waals surface area contributed by atoms with Gasteiger partial charge in [-0.1, -0.05) is 13.8 Å². The van der Waals surface area contributed by atoms with E-state index in [-0.39, 0.29) is 24.1 Å². The van der Waals surface area contributed by atoms with Crippen molar-refractivity contribution < 1.29 is 14.7 Å². The van der Waals surface area contributed by atoms with E-state index in [1.807, 2.05) is 13.8 Å². The van der Waals surface area contributed by atoms with Crippen LogP contribution in [0.2, 0.25) is 0 Å². The lowest BCUT2D eigenvalue weighted by Crippen LogP contribution is -2.40. The van der Waals surface area contributed by atoms with Gasteiger partial charge in [-0.2, -0.15) is 0 Å². The number of aliphatic hydroxyl groups is 1. The molecule has 1 fully saturated rings. The molecule has 6 heteroatoms. The average Bonchev–Trinajstić information content (AvgIpc) is 2.51. The van der Waals surface area contributed by atoms with E-state index in [4.69, 9.17) is 0 Å². The molecule has 2 rings (SSSR count). The second-order valence-electron chi connectivity index (χ2n) is 6.83. The third kappa shape index (κ3) is 6.20. The van der Waals surface area contributed by atoms with Gasteiger partial charge in [0, 0.05) is 23.8 Å². The number of benzene rings is 1. The Labute approximate surface area is 143 Å². The summed E-state index contributed by atoms with van der Waals surface area (Å²) in [6.45, 7) is 4.00. The molecule has 1 saturated carbocycles. The van der Waals surface area contributed by atoms with Crippen LogP contribution < -0.4 is 16.0 Å². The Bertz CT molecular complexity index is 549. The van der Waals surface area contributed by atoms with Gasteiger partial charge in [-0.25, -0.2) is 4.79 Å². The summed E-state index contributed by atoms with van der Waals surface area (Å²) in [5.41, 5.74) is 1.39. The molecule has 1 aromatic carbocycles. The van der Waals surface area contributed by atoms with Gasteiger partial charge in [0.2, 0.25) is 5.91 Å². The van der Waals surface area contributed by atoms with Crippen LogP contribution in [0.5, 0.6) is 0 Å². The molecule has 1 aromatic rings. The highest BCUT2D eigenvalue weighted by Crippen LogP contribution is 2.19. The lowest BCUT2D eigenvalue weighted by atomic mass is 9.93. The van der Waals surface area contributed by atoms with Gasteiger partial charge in [0.05, 0.1) is 6.10 Å². The molecule has 1 aliphatic carbocycles. The molecule has 1 aliphatic rings. The Morgan fingerprint density at radius 3 is 2.12 bits per heavy atom. The molecule has 6 nitrogen and oxygen atoms in total. The first-order chi connectivity index (χ1) is 11.4. The minimum absolute atomic E-state index is 0.0112. The first-order valence-corrected chi connectivity index (χ1v) is 8.58. The topological polar surface area (TPSA) is 90.5 Å². The molecule has 0 aliphatic heterocycles. The van der Waals surface area contributed by atoms with Crippen LogP contribution in [0.4, 0.5) is 16.2 Å². The summed E-state index contributed by atoms with van der Waals surface area (Å²) in [5.74, 6) is 0.304. The van der Waals surface area contributed by atoms with Crippen molar-refractivity contribution in [3.63, 3.8) is 0 Å². The number of nitrogens with one attached hydrogen (secondary N) is 3. The van der Waals surface area contributed by atoms with E-state index in [2.05, 4.69) is 16.0 Å². The smallest absolute Gasteiger partial charge is 0.319 e. The second kappa shape index (κ2) is 8.68. The molecule has 0 spiro atoms. The van der Waals surface area contributed by atoms with Crippen LogP contribution in [-0.2, 0) is 4.79 Å². The van der Waals surface area contributed by atoms with Crippen LogP contribution in [0, 0.1) is 5.92 Å². The van der Waals surface area contributed by atoms with Gasteiger partial charge in [0.25, 0.3) is 0 Å². The summed E-state index contributed by atoms with van der Waals surface area (Å²) >= 11 is 0. The molecule has 0 heterocycles. The fourth-order valence-corrected chi connectivity index (χ4v) is 2.79. The molecular formula is C18H27N3O3. The van der Waals surface area contributed by atoms with Gasteiger partial charge in [-0.3, -0.25) is 4.79 Å². The summed E-state index contributed by atoms with van der Waals surface area (Å²) in [5, 5.41) is 18.0. The summed E-state index contributed by atoms with van der Waals surface area (Å²) in [6, 6.07) is 6.93. The molecule has 0 aromatic heterocycles. The highest BCUT2D eigenvalue weighted by Gasteiger charge is 2.20. The highest BCUT2D eigenvalue weighted by atomic mass is 16.3. The summed E-state index contributed by atoms with van der Waals surface area (Å²) in [4.78, 5) is 23.7. The van der Waals surface area contributed by atoms with Gasteiger partial charge < -0.3 is 21.1 Å². The quantitative estimate of drug-likeness (QED) is 0.667. The molecule has 0 bridgehead atoms. The second-order valence-corrected chi connectivity index (χ2v) is 6.83. The molecule has 132 valence electrons. The third-order valence-electron chi connectivity index (χ3n) is 4.05. The molecular weight excluding hydrogens is 306 g/mol. The molecule has 3 amide bonds. The van der Waals surface area contributed by atoms with Crippen molar-refractivity contribution in [3.05, 3.63) is 24.3 Å². The number of hydrogen-bond acceptors (Lipinski definition) is 3. The number of rotatable bonds is 5. The minimum Gasteiger partial charge on any atom is -0.393 e. The van der Waals surface area contributed by atoms with Crippen molar-refractivity contribution in [2.24, 2.45) is 5.92 Å². The molecule has 0 unspecified atom stereocenters. The molecule has 0 radical (unpaired) electrons. The lowest BCUT2D eigenvalue weighted by Gasteiger charge is -2.26. The number of anilines is 2. The predicted molar refractivity (Wildman–Crippen MR) is 94.9 cm³/mol. The van der Waals surface area contributed by atoms with Crippen LogP contribution in [0.1, 0.15) is 46.0 Å². The predicted octanol–water partition coefficient (Wildman–Crippen LogP) is 3.10. The fraction of sp³-hybridized carbons (Fsp3) is 0.556.